The van der Waals surface area contributed by atoms with Crippen LogP contribution in [0, 0.1) is 0 Å². The third-order valence-corrected chi connectivity index (χ3v) is 3.73. The second-order valence-electron chi connectivity index (χ2n) is 5.16. The van der Waals surface area contributed by atoms with Crippen LogP contribution in [0.25, 0.3) is 16.7 Å². The number of nitrogens with zero attached hydrogens (tertiary/aromatic N) is 2. The quantitative estimate of drug-likeness (QED) is 0.759. The van der Waals surface area contributed by atoms with E-state index in [0.717, 1.165) is 28.0 Å². The smallest absolute Gasteiger partial charge is 0.217 e. The Kier molecular flexibility index (Phi) is 3.78. The highest BCUT2D eigenvalue weighted by Gasteiger charge is 2.10. The topological polar surface area (TPSA) is 72.9 Å². The molecule has 0 spiro atoms. The summed E-state index contributed by atoms with van der Waals surface area (Å²) in [6.45, 7) is 0. The van der Waals surface area contributed by atoms with Gasteiger partial charge in [0.1, 0.15) is 6.33 Å². The minimum Gasteiger partial charge on any atom is -0.388 e. The molecule has 0 atom stereocenters. The second-order valence-corrected chi connectivity index (χ2v) is 5.16. The van der Waals surface area contributed by atoms with E-state index in [9.17, 15) is 4.79 Å². The Bertz CT molecular complexity index is 822. The average molecular weight is 294 g/mol. The maximum atomic E-state index is 11.1. The minimum atomic E-state index is -0.289. The SMILES string of the molecule is CNc1ccc2ncn(-c3ccccc3CCC(N)=O)c2c1. The van der Waals surface area contributed by atoms with Crippen LogP contribution in [0.1, 0.15) is 12.0 Å². The Balaban J connectivity index is 2.09. The van der Waals surface area contributed by atoms with Gasteiger partial charge >= 0.3 is 0 Å². The summed E-state index contributed by atoms with van der Waals surface area (Å²) in [6.07, 6.45) is 2.77. The molecule has 0 aliphatic rings. The van der Waals surface area contributed by atoms with Gasteiger partial charge in [-0.25, -0.2) is 4.98 Å². The number of amides is 1. The fraction of sp³-hybridized carbons (Fsp3) is 0.176. The standard InChI is InChI=1S/C17H18N4O/c1-19-13-7-8-14-16(10-13)21(11-20-14)15-5-3-2-4-12(15)6-9-17(18)22/h2-5,7-8,10-11,19H,6,9H2,1H3,(H2,18,22). The third-order valence-electron chi connectivity index (χ3n) is 3.73. The van der Waals surface area contributed by atoms with E-state index in [1.807, 2.05) is 54.3 Å². The molecule has 3 rings (SSSR count). The van der Waals surface area contributed by atoms with Crippen molar-refractivity contribution in [1.29, 1.82) is 0 Å². The van der Waals surface area contributed by atoms with Crippen LogP contribution in [0.2, 0.25) is 0 Å². The van der Waals surface area contributed by atoms with Gasteiger partial charge in [-0.15, -0.1) is 0 Å². The number of carbonyl (C=O) groups is 1. The Morgan fingerprint density at radius 1 is 1.27 bits per heavy atom. The van der Waals surface area contributed by atoms with E-state index in [4.69, 9.17) is 5.73 Å². The number of rotatable bonds is 5. The Morgan fingerprint density at radius 3 is 2.86 bits per heavy atom. The number of hydrogen-bond acceptors (Lipinski definition) is 3. The van der Waals surface area contributed by atoms with Crippen LogP contribution in [-0.4, -0.2) is 22.5 Å². The van der Waals surface area contributed by atoms with Crippen molar-refractivity contribution in [3.8, 4) is 5.69 Å². The predicted octanol–water partition coefficient (Wildman–Crippen LogP) is 2.49. The van der Waals surface area contributed by atoms with Gasteiger partial charge in [0.15, 0.2) is 0 Å². The number of para-hydroxylation sites is 1. The van der Waals surface area contributed by atoms with Crippen LogP contribution in [0.15, 0.2) is 48.8 Å². The van der Waals surface area contributed by atoms with Crippen molar-refractivity contribution in [3.63, 3.8) is 0 Å². The number of imidazole rings is 1. The zero-order chi connectivity index (χ0) is 15.5. The molecule has 3 aromatic rings. The van der Waals surface area contributed by atoms with Crippen molar-refractivity contribution in [3.05, 3.63) is 54.4 Å². The lowest BCUT2D eigenvalue weighted by atomic mass is 10.1. The first kappa shape index (κ1) is 14.1. The maximum Gasteiger partial charge on any atom is 0.217 e. The number of fused-ring (bicyclic) bond motifs is 1. The molecule has 112 valence electrons. The molecule has 0 radical (unpaired) electrons. The molecule has 2 aromatic carbocycles. The largest absolute Gasteiger partial charge is 0.388 e. The van der Waals surface area contributed by atoms with Gasteiger partial charge in [-0.3, -0.25) is 9.36 Å². The van der Waals surface area contributed by atoms with E-state index in [-0.39, 0.29) is 5.91 Å². The molecule has 0 fully saturated rings. The third kappa shape index (κ3) is 2.65. The first-order valence-electron chi connectivity index (χ1n) is 7.20. The lowest BCUT2D eigenvalue weighted by molar-refractivity contribution is -0.117. The van der Waals surface area contributed by atoms with Crippen molar-refractivity contribution < 1.29 is 4.79 Å². The van der Waals surface area contributed by atoms with Crippen LogP contribution in [-0.2, 0) is 11.2 Å². The number of hydrogen-bond donors (Lipinski definition) is 2. The van der Waals surface area contributed by atoms with Gasteiger partial charge in [-0.1, -0.05) is 18.2 Å². The number of aryl methyl sites for hydroxylation is 1. The molecule has 1 amide bonds. The van der Waals surface area contributed by atoms with Crippen molar-refractivity contribution >= 4 is 22.6 Å². The number of primary amides is 1. The number of aromatic nitrogens is 2. The van der Waals surface area contributed by atoms with Gasteiger partial charge in [0.25, 0.3) is 0 Å². The lowest BCUT2D eigenvalue weighted by Gasteiger charge is -2.11. The van der Waals surface area contributed by atoms with Gasteiger partial charge < -0.3 is 11.1 Å². The van der Waals surface area contributed by atoms with Crippen LogP contribution >= 0.6 is 0 Å². The van der Waals surface area contributed by atoms with Crippen LogP contribution in [0.3, 0.4) is 0 Å². The van der Waals surface area contributed by atoms with Crippen molar-refractivity contribution in [2.24, 2.45) is 5.73 Å². The Morgan fingerprint density at radius 2 is 2.09 bits per heavy atom. The first-order chi connectivity index (χ1) is 10.7. The van der Waals surface area contributed by atoms with Gasteiger partial charge in [0.2, 0.25) is 5.91 Å². The van der Waals surface area contributed by atoms with Gasteiger partial charge in [-0.2, -0.15) is 0 Å². The molecule has 0 saturated carbocycles. The Hall–Kier alpha value is -2.82. The van der Waals surface area contributed by atoms with Crippen LogP contribution in [0.4, 0.5) is 5.69 Å². The summed E-state index contributed by atoms with van der Waals surface area (Å²) in [5, 5.41) is 3.14. The molecule has 3 N–H and O–H groups in total. The van der Waals surface area contributed by atoms with E-state index >= 15 is 0 Å². The normalized spacial score (nSPS) is 10.8. The van der Waals surface area contributed by atoms with E-state index in [1.54, 1.807) is 0 Å². The average Bonchev–Trinajstić information content (AvgIpc) is 2.96. The van der Waals surface area contributed by atoms with Crippen molar-refractivity contribution in [2.45, 2.75) is 12.8 Å². The summed E-state index contributed by atoms with van der Waals surface area (Å²) in [7, 11) is 1.89. The zero-order valence-corrected chi connectivity index (χ0v) is 12.4. The molecule has 0 bridgehead atoms. The number of carbonyl (C=O) groups excluding carboxylic acids is 1. The molecule has 0 unspecified atom stereocenters. The molecule has 0 saturated heterocycles. The highest BCUT2D eigenvalue weighted by molar-refractivity contribution is 5.81. The molecular formula is C17H18N4O. The Labute approximate surface area is 128 Å². The summed E-state index contributed by atoms with van der Waals surface area (Å²) in [5.74, 6) is -0.289. The molecule has 5 nitrogen and oxygen atoms in total. The highest BCUT2D eigenvalue weighted by atomic mass is 16.1. The number of benzene rings is 2. The van der Waals surface area contributed by atoms with Crippen molar-refractivity contribution in [2.75, 3.05) is 12.4 Å². The predicted molar refractivity (Wildman–Crippen MR) is 88.1 cm³/mol. The summed E-state index contributed by atoms with van der Waals surface area (Å²) in [6, 6.07) is 14.1. The molecular weight excluding hydrogens is 276 g/mol. The molecule has 1 heterocycles. The van der Waals surface area contributed by atoms with Crippen molar-refractivity contribution in [1.82, 2.24) is 9.55 Å². The lowest BCUT2D eigenvalue weighted by Crippen LogP contribution is -2.12. The molecule has 1 aromatic heterocycles. The zero-order valence-electron chi connectivity index (χ0n) is 12.4. The molecule has 0 aliphatic heterocycles. The van der Waals surface area contributed by atoms with Gasteiger partial charge in [-0.05, 0) is 36.2 Å². The van der Waals surface area contributed by atoms with Crippen LogP contribution < -0.4 is 11.1 Å². The number of anilines is 1. The number of nitrogens with one attached hydrogen (secondary N) is 1. The second kappa shape index (κ2) is 5.89. The molecule has 22 heavy (non-hydrogen) atoms. The minimum absolute atomic E-state index is 0.289. The van der Waals surface area contributed by atoms with E-state index < -0.39 is 0 Å². The van der Waals surface area contributed by atoms with Crippen LogP contribution in [0.5, 0.6) is 0 Å². The summed E-state index contributed by atoms with van der Waals surface area (Å²) in [5.41, 5.74) is 10.4. The number of nitrogens with two attached hydrogens (primary N) is 1. The van der Waals surface area contributed by atoms with E-state index in [1.165, 1.54) is 0 Å². The fourth-order valence-corrected chi connectivity index (χ4v) is 2.57. The summed E-state index contributed by atoms with van der Waals surface area (Å²) >= 11 is 0. The summed E-state index contributed by atoms with van der Waals surface area (Å²) < 4.78 is 2.05. The van der Waals surface area contributed by atoms with E-state index in [0.29, 0.717) is 12.8 Å². The maximum absolute atomic E-state index is 11.1. The monoisotopic (exact) mass is 294 g/mol. The summed E-state index contributed by atoms with van der Waals surface area (Å²) in [4.78, 5) is 15.5. The fourth-order valence-electron chi connectivity index (χ4n) is 2.57. The molecule has 0 aliphatic carbocycles. The highest BCUT2D eigenvalue weighted by Crippen LogP contribution is 2.24. The molecule has 5 heteroatoms. The van der Waals surface area contributed by atoms with Gasteiger partial charge in [0.05, 0.1) is 16.7 Å². The van der Waals surface area contributed by atoms with Gasteiger partial charge in [0, 0.05) is 19.2 Å². The van der Waals surface area contributed by atoms with E-state index in [2.05, 4.69) is 16.4 Å². The first-order valence-corrected chi connectivity index (χ1v) is 7.20.